The van der Waals surface area contributed by atoms with Crippen molar-refractivity contribution in [1.29, 1.82) is 0 Å². The van der Waals surface area contributed by atoms with Crippen LogP contribution in [0.4, 0.5) is 0 Å². The van der Waals surface area contributed by atoms with Crippen molar-refractivity contribution in [2.45, 2.75) is 64.5 Å². The maximum absolute atomic E-state index is 6.16. The molecule has 100 valence electrons. The van der Waals surface area contributed by atoms with Crippen molar-refractivity contribution in [3.05, 3.63) is 0 Å². The van der Waals surface area contributed by atoms with Gasteiger partial charge in [-0.3, -0.25) is 0 Å². The quantitative estimate of drug-likeness (QED) is 0.768. The Bertz CT molecular complexity index is 225. The average Bonchev–Trinajstić information content (AvgIpc) is 3.13. The van der Waals surface area contributed by atoms with E-state index in [4.69, 9.17) is 4.74 Å². The SMILES string of the molecule is CNC1CCC(C(C)C)CC1OCCC1CC1. The molecule has 2 fully saturated rings. The van der Waals surface area contributed by atoms with E-state index in [9.17, 15) is 0 Å². The fraction of sp³-hybridized carbons (Fsp3) is 1.00. The van der Waals surface area contributed by atoms with E-state index < -0.39 is 0 Å². The molecule has 2 rings (SSSR count). The fourth-order valence-corrected chi connectivity index (χ4v) is 3.07. The second kappa shape index (κ2) is 6.19. The number of ether oxygens (including phenoxy) is 1. The molecule has 2 heteroatoms. The summed E-state index contributed by atoms with van der Waals surface area (Å²) in [5.41, 5.74) is 0. The third kappa shape index (κ3) is 3.96. The highest BCUT2D eigenvalue weighted by molar-refractivity contribution is 4.86. The summed E-state index contributed by atoms with van der Waals surface area (Å²) in [5, 5.41) is 3.44. The standard InChI is InChI=1S/C15H29NO/c1-11(2)13-6-7-14(16-3)15(10-13)17-9-8-12-4-5-12/h11-16H,4-10H2,1-3H3. The van der Waals surface area contributed by atoms with Gasteiger partial charge < -0.3 is 10.1 Å². The van der Waals surface area contributed by atoms with Gasteiger partial charge in [0.2, 0.25) is 0 Å². The Hall–Kier alpha value is -0.0800. The summed E-state index contributed by atoms with van der Waals surface area (Å²) in [6, 6.07) is 0.587. The van der Waals surface area contributed by atoms with Crippen LogP contribution in [0, 0.1) is 17.8 Å². The molecule has 0 bridgehead atoms. The third-order valence-electron chi connectivity index (χ3n) is 4.70. The van der Waals surface area contributed by atoms with E-state index in [0.717, 1.165) is 24.4 Å². The zero-order chi connectivity index (χ0) is 12.3. The summed E-state index contributed by atoms with van der Waals surface area (Å²) >= 11 is 0. The Morgan fingerprint density at radius 1 is 1.18 bits per heavy atom. The summed E-state index contributed by atoms with van der Waals surface area (Å²) in [6.45, 7) is 5.69. The Labute approximate surface area is 107 Å². The second-order valence-electron chi connectivity index (χ2n) is 6.35. The molecule has 0 heterocycles. The molecule has 0 aromatic heterocycles. The van der Waals surface area contributed by atoms with Crippen LogP contribution in [0.1, 0.15) is 52.4 Å². The predicted octanol–water partition coefficient (Wildman–Crippen LogP) is 3.22. The van der Waals surface area contributed by atoms with Gasteiger partial charge in [-0.05, 0) is 50.5 Å². The van der Waals surface area contributed by atoms with Gasteiger partial charge in [0.1, 0.15) is 0 Å². The van der Waals surface area contributed by atoms with Gasteiger partial charge in [0.25, 0.3) is 0 Å². The highest BCUT2D eigenvalue weighted by Gasteiger charge is 2.32. The molecule has 1 N–H and O–H groups in total. The van der Waals surface area contributed by atoms with Gasteiger partial charge in [0, 0.05) is 12.6 Å². The minimum absolute atomic E-state index is 0.458. The number of likely N-dealkylation sites (N-methyl/N-ethyl adjacent to an activating group) is 1. The van der Waals surface area contributed by atoms with Gasteiger partial charge in [-0.1, -0.05) is 26.7 Å². The molecule has 2 aliphatic carbocycles. The van der Waals surface area contributed by atoms with Crippen LogP contribution in [-0.2, 0) is 4.74 Å². The highest BCUT2D eigenvalue weighted by atomic mass is 16.5. The van der Waals surface area contributed by atoms with Gasteiger partial charge in [-0.15, -0.1) is 0 Å². The van der Waals surface area contributed by atoms with E-state index in [1.165, 1.54) is 38.5 Å². The van der Waals surface area contributed by atoms with Crippen LogP contribution in [0.3, 0.4) is 0 Å². The van der Waals surface area contributed by atoms with Crippen molar-refractivity contribution in [3.8, 4) is 0 Å². The second-order valence-corrected chi connectivity index (χ2v) is 6.35. The first kappa shape index (κ1) is 13.4. The topological polar surface area (TPSA) is 21.3 Å². The zero-order valence-electron chi connectivity index (χ0n) is 11.7. The summed E-state index contributed by atoms with van der Waals surface area (Å²) in [5.74, 6) is 2.67. The van der Waals surface area contributed by atoms with E-state index in [1.807, 2.05) is 0 Å². The molecule has 0 saturated heterocycles. The molecular formula is C15H29NO. The predicted molar refractivity (Wildman–Crippen MR) is 72.1 cm³/mol. The van der Waals surface area contributed by atoms with Gasteiger partial charge >= 0.3 is 0 Å². The lowest BCUT2D eigenvalue weighted by Crippen LogP contribution is -2.45. The van der Waals surface area contributed by atoms with Crippen molar-refractivity contribution in [1.82, 2.24) is 5.32 Å². The van der Waals surface area contributed by atoms with Crippen LogP contribution < -0.4 is 5.32 Å². The minimum Gasteiger partial charge on any atom is -0.377 e. The van der Waals surface area contributed by atoms with Crippen LogP contribution in [0.15, 0.2) is 0 Å². The first-order valence-electron chi connectivity index (χ1n) is 7.49. The molecule has 2 aliphatic rings. The zero-order valence-corrected chi connectivity index (χ0v) is 11.7. The molecule has 3 unspecified atom stereocenters. The maximum Gasteiger partial charge on any atom is 0.0730 e. The summed E-state index contributed by atoms with van der Waals surface area (Å²) < 4.78 is 6.16. The van der Waals surface area contributed by atoms with Crippen molar-refractivity contribution >= 4 is 0 Å². The Morgan fingerprint density at radius 2 is 1.94 bits per heavy atom. The van der Waals surface area contributed by atoms with Crippen LogP contribution in [0.25, 0.3) is 0 Å². The molecule has 0 radical (unpaired) electrons. The van der Waals surface area contributed by atoms with Crippen LogP contribution >= 0.6 is 0 Å². The molecule has 0 amide bonds. The van der Waals surface area contributed by atoms with Crippen LogP contribution in [0.2, 0.25) is 0 Å². The van der Waals surface area contributed by atoms with Gasteiger partial charge in [0.05, 0.1) is 6.10 Å². The van der Waals surface area contributed by atoms with Crippen molar-refractivity contribution in [2.24, 2.45) is 17.8 Å². The monoisotopic (exact) mass is 239 g/mol. The van der Waals surface area contributed by atoms with Crippen molar-refractivity contribution < 1.29 is 4.74 Å². The summed E-state index contributed by atoms with van der Waals surface area (Å²) in [6.07, 6.45) is 8.54. The lowest BCUT2D eigenvalue weighted by molar-refractivity contribution is -0.0170. The summed E-state index contributed by atoms with van der Waals surface area (Å²) in [7, 11) is 2.08. The number of nitrogens with one attached hydrogen (secondary N) is 1. The van der Waals surface area contributed by atoms with Gasteiger partial charge in [-0.2, -0.15) is 0 Å². The van der Waals surface area contributed by atoms with E-state index in [1.54, 1.807) is 0 Å². The summed E-state index contributed by atoms with van der Waals surface area (Å²) in [4.78, 5) is 0. The Kier molecular flexibility index (Phi) is 4.87. The fourth-order valence-electron chi connectivity index (χ4n) is 3.07. The third-order valence-corrected chi connectivity index (χ3v) is 4.70. The van der Waals surface area contributed by atoms with Gasteiger partial charge in [-0.25, -0.2) is 0 Å². The number of hydrogen-bond donors (Lipinski definition) is 1. The molecular weight excluding hydrogens is 210 g/mol. The first-order chi connectivity index (χ1) is 8.20. The molecule has 3 atom stereocenters. The molecule has 0 aromatic rings. The molecule has 0 aromatic carbocycles. The first-order valence-corrected chi connectivity index (χ1v) is 7.49. The van der Waals surface area contributed by atoms with E-state index >= 15 is 0 Å². The molecule has 2 nitrogen and oxygen atoms in total. The smallest absolute Gasteiger partial charge is 0.0730 e. The normalized spacial score (nSPS) is 34.2. The van der Waals surface area contributed by atoms with E-state index in [0.29, 0.717) is 12.1 Å². The van der Waals surface area contributed by atoms with E-state index in [-0.39, 0.29) is 0 Å². The average molecular weight is 239 g/mol. The minimum atomic E-state index is 0.458. The molecule has 17 heavy (non-hydrogen) atoms. The molecule has 2 saturated carbocycles. The van der Waals surface area contributed by atoms with Gasteiger partial charge in [0.15, 0.2) is 0 Å². The Morgan fingerprint density at radius 3 is 2.53 bits per heavy atom. The van der Waals surface area contributed by atoms with Crippen LogP contribution in [0.5, 0.6) is 0 Å². The van der Waals surface area contributed by atoms with Crippen LogP contribution in [-0.4, -0.2) is 25.8 Å². The number of rotatable bonds is 6. The molecule has 0 aliphatic heterocycles. The van der Waals surface area contributed by atoms with Crippen molar-refractivity contribution in [2.75, 3.05) is 13.7 Å². The van der Waals surface area contributed by atoms with E-state index in [2.05, 4.69) is 26.2 Å². The lowest BCUT2D eigenvalue weighted by atomic mass is 9.78. The molecule has 0 spiro atoms. The highest BCUT2D eigenvalue weighted by Crippen LogP contribution is 2.34. The lowest BCUT2D eigenvalue weighted by Gasteiger charge is -2.37. The largest absolute Gasteiger partial charge is 0.377 e. The number of hydrogen-bond acceptors (Lipinski definition) is 2. The Balaban J connectivity index is 1.76. The maximum atomic E-state index is 6.16. The van der Waals surface area contributed by atoms with Crippen molar-refractivity contribution in [3.63, 3.8) is 0 Å².